The second kappa shape index (κ2) is 13.0. The molecule has 1 aliphatic heterocycles. The SMILES string of the molecule is CN(C)c1cc(NC(=O)O)c(NC(=O)CC(=O)c2cccc(-c3cc(COC4CCCCO4)on3)c2)cc1C(F)(F)F. The highest BCUT2D eigenvalue weighted by Crippen LogP contribution is 2.41. The predicted molar refractivity (Wildman–Crippen MR) is 145 cm³/mol. The van der Waals surface area contributed by atoms with Crippen LogP contribution < -0.4 is 15.5 Å². The molecular formula is C28H29F3N4O7. The summed E-state index contributed by atoms with van der Waals surface area (Å²) in [7, 11) is 2.72. The van der Waals surface area contributed by atoms with Gasteiger partial charge in [-0.15, -0.1) is 0 Å². The number of nitrogens with one attached hydrogen (secondary N) is 2. The van der Waals surface area contributed by atoms with Crippen molar-refractivity contribution in [1.29, 1.82) is 0 Å². The van der Waals surface area contributed by atoms with Gasteiger partial charge in [0.1, 0.15) is 12.3 Å². The minimum absolute atomic E-state index is 0.154. The molecule has 11 nitrogen and oxygen atoms in total. The van der Waals surface area contributed by atoms with E-state index in [0.29, 0.717) is 29.7 Å². The molecule has 1 aliphatic rings. The van der Waals surface area contributed by atoms with Crippen LogP contribution in [0, 0.1) is 0 Å². The van der Waals surface area contributed by atoms with E-state index in [0.717, 1.165) is 30.2 Å². The maximum absolute atomic E-state index is 13.7. The Labute approximate surface area is 238 Å². The predicted octanol–water partition coefficient (Wildman–Crippen LogP) is 5.77. The van der Waals surface area contributed by atoms with Crippen molar-refractivity contribution in [3.05, 3.63) is 59.4 Å². The number of hydrogen-bond acceptors (Lipinski definition) is 8. The van der Waals surface area contributed by atoms with E-state index in [1.165, 1.54) is 26.2 Å². The van der Waals surface area contributed by atoms with Gasteiger partial charge in [0.05, 0.1) is 29.0 Å². The van der Waals surface area contributed by atoms with Crippen LogP contribution in [0.4, 0.5) is 35.0 Å². The van der Waals surface area contributed by atoms with Crippen molar-refractivity contribution in [2.24, 2.45) is 0 Å². The Bertz CT molecular complexity index is 1450. The number of halogens is 3. The van der Waals surface area contributed by atoms with E-state index in [4.69, 9.17) is 19.1 Å². The smallest absolute Gasteiger partial charge is 0.418 e. The Morgan fingerprint density at radius 1 is 1.10 bits per heavy atom. The zero-order valence-electron chi connectivity index (χ0n) is 22.8. The lowest BCUT2D eigenvalue weighted by molar-refractivity contribution is -0.171. The van der Waals surface area contributed by atoms with Crippen LogP contribution in [0.25, 0.3) is 11.3 Å². The van der Waals surface area contributed by atoms with Gasteiger partial charge in [-0.1, -0.05) is 23.4 Å². The Morgan fingerprint density at radius 3 is 2.52 bits per heavy atom. The molecule has 4 rings (SSSR count). The number of alkyl halides is 3. The number of benzene rings is 2. The van der Waals surface area contributed by atoms with Gasteiger partial charge in [-0.3, -0.25) is 14.9 Å². The Morgan fingerprint density at radius 2 is 1.86 bits per heavy atom. The van der Waals surface area contributed by atoms with Crippen LogP contribution in [0.2, 0.25) is 0 Å². The van der Waals surface area contributed by atoms with Gasteiger partial charge in [-0.2, -0.15) is 13.2 Å². The number of amides is 2. The summed E-state index contributed by atoms with van der Waals surface area (Å²) in [5.41, 5.74) is -1.03. The summed E-state index contributed by atoms with van der Waals surface area (Å²) < 4.78 is 57.7. The summed E-state index contributed by atoms with van der Waals surface area (Å²) in [6.07, 6.45) is -4.56. The maximum Gasteiger partial charge on any atom is 0.418 e. The van der Waals surface area contributed by atoms with Gasteiger partial charge in [0.2, 0.25) is 5.91 Å². The molecule has 224 valence electrons. The van der Waals surface area contributed by atoms with Crippen molar-refractivity contribution in [1.82, 2.24) is 5.16 Å². The standard InChI is InChI=1S/C28H29F3N4O7/c1-35(2)23-13-22(33-27(38)39)21(12-19(23)28(29,30)31)32-25(37)14-24(36)17-7-5-6-16(10-17)20-11-18(42-34-20)15-41-26-8-3-4-9-40-26/h5-7,10-13,26,33H,3-4,8-9,14-15H2,1-2H3,(H,32,37)(H,38,39). The van der Waals surface area contributed by atoms with Crippen molar-refractivity contribution in [3.8, 4) is 11.3 Å². The number of rotatable bonds is 10. The molecule has 0 saturated carbocycles. The molecule has 1 atom stereocenters. The highest BCUT2D eigenvalue weighted by atomic mass is 19.4. The number of carbonyl (C=O) groups is 3. The van der Waals surface area contributed by atoms with Gasteiger partial charge in [0, 0.05) is 37.9 Å². The summed E-state index contributed by atoms with van der Waals surface area (Å²) >= 11 is 0. The number of nitrogens with zero attached hydrogens (tertiary/aromatic N) is 2. The molecule has 42 heavy (non-hydrogen) atoms. The van der Waals surface area contributed by atoms with Crippen molar-refractivity contribution >= 4 is 34.8 Å². The molecular weight excluding hydrogens is 561 g/mol. The fraction of sp³-hybridized carbons (Fsp3) is 0.357. The van der Waals surface area contributed by atoms with Crippen molar-refractivity contribution in [2.45, 2.75) is 44.8 Å². The van der Waals surface area contributed by atoms with Gasteiger partial charge < -0.3 is 29.3 Å². The van der Waals surface area contributed by atoms with Crippen molar-refractivity contribution in [2.75, 3.05) is 36.2 Å². The highest BCUT2D eigenvalue weighted by molar-refractivity contribution is 6.12. The van der Waals surface area contributed by atoms with Gasteiger partial charge in [-0.05, 0) is 37.5 Å². The molecule has 1 aromatic heterocycles. The van der Waals surface area contributed by atoms with Crippen LogP contribution in [0.1, 0.15) is 47.4 Å². The molecule has 3 N–H and O–H groups in total. The summed E-state index contributed by atoms with van der Waals surface area (Å²) in [4.78, 5) is 38.0. The topological polar surface area (TPSA) is 143 Å². The minimum atomic E-state index is -4.80. The zero-order chi connectivity index (χ0) is 30.4. The molecule has 0 bridgehead atoms. The maximum atomic E-state index is 13.7. The highest BCUT2D eigenvalue weighted by Gasteiger charge is 2.35. The second-order valence-corrected chi connectivity index (χ2v) is 9.75. The number of carbonyl (C=O) groups excluding carboxylic acids is 2. The third kappa shape index (κ3) is 7.85. The Balaban J connectivity index is 1.46. The average molecular weight is 591 g/mol. The fourth-order valence-electron chi connectivity index (χ4n) is 4.34. The molecule has 1 fully saturated rings. The first kappa shape index (κ1) is 30.5. The van der Waals surface area contributed by atoms with Crippen LogP contribution >= 0.6 is 0 Å². The van der Waals surface area contributed by atoms with Crippen LogP contribution in [-0.2, 0) is 27.1 Å². The summed E-state index contributed by atoms with van der Waals surface area (Å²) in [6, 6.07) is 9.50. The molecule has 0 radical (unpaired) electrons. The quantitative estimate of drug-likeness (QED) is 0.198. The lowest BCUT2D eigenvalue weighted by atomic mass is 10.0. The summed E-state index contributed by atoms with van der Waals surface area (Å²) in [5.74, 6) is -1.10. The van der Waals surface area contributed by atoms with Crippen LogP contribution in [0.3, 0.4) is 0 Å². The van der Waals surface area contributed by atoms with Gasteiger partial charge in [0.25, 0.3) is 0 Å². The molecule has 1 unspecified atom stereocenters. The number of hydrogen-bond donors (Lipinski definition) is 3. The number of Topliss-reactive ketones (excluding diaryl/α,β-unsaturated/α-hetero) is 1. The van der Waals surface area contributed by atoms with Gasteiger partial charge in [0.15, 0.2) is 17.8 Å². The third-order valence-electron chi connectivity index (χ3n) is 6.35. The Kier molecular flexibility index (Phi) is 9.48. The molecule has 0 aliphatic carbocycles. The van der Waals surface area contributed by atoms with Crippen molar-refractivity contribution < 1.29 is 46.7 Å². The van der Waals surface area contributed by atoms with Crippen LogP contribution in [-0.4, -0.2) is 55.0 Å². The number of anilines is 3. The zero-order valence-corrected chi connectivity index (χ0v) is 22.8. The summed E-state index contributed by atoms with van der Waals surface area (Å²) in [5, 5.41) is 17.4. The first-order chi connectivity index (χ1) is 19.9. The van der Waals surface area contributed by atoms with E-state index < -0.39 is 41.6 Å². The van der Waals surface area contributed by atoms with Gasteiger partial charge in [-0.25, -0.2) is 4.79 Å². The fourth-order valence-corrected chi connectivity index (χ4v) is 4.34. The van der Waals surface area contributed by atoms with E-state index in [2.05, 4.69) is 10.5 Å². The number of ether oxygens (including phenoxy) is 2. The number of carboxylic acid groups (broad SMARTS) is 1. The van der Waals surface area contributed by atoms with Gasteiger partial charge >= 0.3 is 12.3 Å². The number of ketones is 1. The second-order valence-electron chi connectivity index (χ2n) is 9.75. The molecule has 2 amide bonds. The monoisotopic (exact) mass is 590 g/mol. The molecule has 14 heteroatoms. The molecule has 0 spiro atoms. The van der Waals surface area contributed by atoms with Crippen molar-refractivity contribution in [3.63, 3.8) is 0 Å². The van der Waals surface area contributed by atoms with E-state index >= 15 is 0 Å². The molecule has 3 aromatic rings. The third-order valence-corrected chi connectivity index (χ3v) is 6.35. The molecule has 1 saturated heterocycles. The summed E-state index contributed by atoms with van der Waals surface area (Å²) in [6.45, 7) is 0.795. The van der Waals surface area contributed by atoms with Crippen LogP contribution in [0.5, 0.6) is 0 Å². The van der Waals surface area contributed by atoms with Crippen LogP contribution in [0.15, 0.2) is 47.0 Å². The molecule has 2 heterocycles. The lowest BCUT2D eigenvalue weighted by Gasteiger charge is -2.22. The minimum Gasteiger partial charge on any atom is -0.465 e. The average Bonchev–Trinajstić information content (AvgIpc) is 3.41. The Hall–Kier alpha value is -4.43. The molecule has 2 aromatic carbocycles. The van der Waals surface area contributed by atoms with E-state index in [-0.39, 0.29) is 29.8 Å². The lowest BCUT2D eigenvalue weighted by Crippen LogP contribution is -2.21. The normalized spacial score (nSPS) is 15.2. The first-order valence-electron chi connectivity index (χ1n) is 13.0. The van der Waals surface area contributed by atoms with E-state index in [9.17, 15) is 27.6 Å². The first-order valence-corrected chi connectivity index (χ1v) is 13.0. The largest absolute Gasteiger partial charge is 0.465 e. The number of aromatic nitrogens is 1. The van der Waals surface area contributed by atoms with E-state index in [1.54, 1.807) is 18.2 Å². The van der Waals surface area contributed by atoms with E-state index in [1.807, 2.05) is 5.32 Å².